The SMILES string of the molecule is CCCCCCCCCCCCCCCCC(O)CN(CCSC(=O)c1ccc(C(=O)SCCN(CC(O)CCCCCCCCCCCCCCCC)CC(O)CCCCCCCCCCCCCCCC)cc1)CC(O)CCCCCCCCCCCCCCCC. The Morgan fingerprint density at radius 2 is 0.415 bits per heavy atom. The molecule has 0 spiro atoms. The lowest BCUT2D eigenvalue weighted by molar-refractivity contribution is 0.0634. The summed E-state index contributed by atoms with van der Waals surface area (Å²) < 4.78 is 0. The van der Waals surface area contributed by atoms with Crippen molar-refractivity contribution in [2.45, 2.75) is 437 Å². The van der Waals surface area contributed by atoms with Crippen LogP contribution < -0.4 is 0 Å². The molecule has 10 heteroatoms. The van der Waals surface area contributed by atoms with E-state index >= 15 is 0 Å². The maximum absolute atomic E-state index is 13.6. The normalized spacial score (nSPS) is 13.2. The fourth-order valence-corrected chi connectivity index (χ4v) is 15.5. The van der Waals surface area contributed by atoms with Crippen LogP contribution in [0.3, 0.4) is 0 Å². The zero-order valence-electron chi connectivity index (χ0n) is 63.0. The van der Waals surface area contributed by atoms with E-state index in [-0.39, 0.29) is 10.2 Å². The Labute approximate surface area is 593 Å². The molecule has 0 fully saturated rings. The number of carbonyl (C=O) groups excluding carboxylic acids is 2. The van der Waals surface area contributed by atoms with Gasteiger partial charge in [-0.2, -0.15) is 0 Å². The van der Waals surface area contributed by atoms with Crippen LogP contribution in [0.15, 0.2) is 24.3 Å². The molecule has 1 aromatic carbocycles. The zero-order chi connectivity index (χ0) is 68.1. The molecule has 0 saturated heterocycles. The van der Waals surface area contributed by atoms with Crippen molar-refractivity contribution in [2.75, 3.05) is 50.8 Å². The lowest BCUT2D eigenvalue weighted by Gasteiger charge is -2.27. The molecule has 4 N–H and O–H groups in total. The highest BCUT2D eigenvalue weighted by molar-refractivity contribution is 8.14. The Hall–Kier alpha value is -0.980. The van der Waals surface area contributed by atoms with Crippen LogP contribution in [0, 0.1) is 0 Å². The number of hydrogen-bond donors (Lipinski definition) is 4. The van der Waals surface area contributed by atoms with Crippen molar-refractivity contribution in [3.05, 3.63) is 35.4 Å². The Morgan fingerprint density at radius 3 is 0.574 bits per heavy atom. The largest absolute Gasteiger partial charge is 0.392 e. The molecular weight excluding hydrogens is 1200 g/mol. The van der Waals surface area contributed by atoms with Gasteiger partial charge in [0, 0.05) is 61.9 Å². The van der Waals surface area contributed by atoms with E-state index in [1.54, 1.807) is 24.3 Å². The highest BCUT2D eigenvalue weighted by Crippen LogP contribution is 2.23. The fraction of sp³-hybridized carbons (Fsp3) is 0.905. The smallest absolute Gasteiger partial charge is 0.219 e. The van der Waals surface area contributed by atoms with Gasteiger partial charge in [0.05, 0.1) is 24.4 Å². The maximum Gasteiger partial charge on any atom is 0.219 e. The van der Waals surface area contributed by atoms with Crippen LogP contribution >= 0.6 is 23.5 Å². The molecule has 4 atom stereocenters. The van der Waals surface area contributed by atoms with E-state index < -0.39 is 24.4 Å². The quantitative estimate of drug-likeness (QED) is 0.0469. The number of rotatable bonds is 76. The van der Waals surface area contributed by atoms with Crippen LogP contribution in [0.5, 0.6) is 0 Å². The third-order valence-corrected chi connectivity index (χ3v) is 21.8. The molecule has 1 rings (SSSR count). The van der Waals surface area contributed by atoms with E-state index in [0.29, 0.717) is 61.9 Å². The molecule has 554 valence electrons. The molecular formula is C84H160N2O6S2. The predicted octanol–water partition coefficient (Wildman–Crippen LogP) is 25.0. The number of nitrogens with zero attached hydrogens (tertiary/aromatic N) is 2. The van der Waals surface area contributed by atoms with Crippen LogP contribution in [0.4, 0.5) is 0 Å². The highest BCUT2D eigenvalue weighted by atomic mass is 32.2. The minimum absolute atomic E-state index is 0.0338. The fourth-order valence-electron chi connectivity index (χ4n) is 13.8. The van der Waals surface area contributed by atoms with Crippen molar-refractivity contribution in [3.63, 3.8) is 0 Å². The molecule has 8 nitrogen and oxygen atoms in total. The number of carbonyl (C=O) groups is 2. The molecule has 0 amide bonds. The van der Waals surface area contributed by atoms with Gasteiger partial charge in [0.2, 0.25) is 10.2 Å². The summed E-state index contributed by atoms with van der Waals surface area (Å²) in [6.45, 7) is 12.4. The Kier molecular flexibility index (Phi) is 69.6. The zero-order valence-corrected chi connectivity index (χ0v) is 64.7. The number of unbranched alkanes of at least 4 members (excludes halogenated alkanes) is 52. The number of benzene rings is 1. The van der Waals surface area contributed by atoms with Crippen molar-refractivity contribution < 1.29 is 30.0 Å². The second-order valence-electron chi connectivity index (χ2n) is 29.5. The van der Waals surface area contributed by atoms with E-state index in [4.69, 9.17) is 0 Å². The highest BCUT2D eigenvalue weighted by Gasteiger charge is 2.20. The summed E-state index contributed by atoms with van der Waals surface area (Å²) in [5, 5.41) is 45.0. The van der Waals surface area contributed by atoms with Gasteiger partial charge in [-0.1, -0.05) is 411 Å². The van der Waals surface area contributed by atoms with E-state index in [1.807, 2.05) is 0 Å². The molecule has 0 aliphatic heterocycles. The molecule has 0 aliphatic rings. The third kappa shape index (κ3) is 62.1. The molecule has 0 aliphatic carbocycles. The van der Waals surface area contributed by atoms with E-state index in [0.717, 1.165) is 77.0 Å². The van der Waals surface area contributed by atoms with Crippen LogP contribution in [-0.4, -0.2) is 116 Å². The first-order valence-corrected chi connectivity index (χ1v) is 43.7. The second kappa shape index (κ2) is 71.8. The first-order valence-electron chi connectivity index (χ1n) is 41.7. The topological polar surface area (TPSA) is 122 Å². The van der Waals surface area contributed by atoms with Crippen molar-refractivity contribution in [3.8, 4) is 0 Å². The Balaban J connectivity index is 2.71. The lowest BCUT2D eigenvalue weighted by Crippen LogP contribution is -2.39. The molecule has 0 bridgehead atoms. The number of thioether (sulfide) groups is 2. The molecule has 0 heterocycles. The summed E-state index contributed by atoms with van der Waals surface area (Å²) in [6.07, 6.45) is 74.8. The monoisotopic (exact) mass is 1360 g/mol. The number of aliphatic hydroxyl groups excluding tert-OH is 4. The second-order valence-corrected chi connectivity index (χ2v) is 31.7. The van der Waals surface area contributed by atoms with E-state index in [9.17, 15) is 30.0 Å². The van der Waals surface area contributed by atoms with Gasteiger partial charge in [-0.15, -0.1) is 0 Å². The van der Waals surface area contributed by atoms with Crippen LogP contribution in [0.2, 0.25) is 0 Å². The van der Waals surface area contributed by atoms with Gasteiger partial charge in [-0.05, 0) is 49.9 Å². The minimum atomic E-state index is -0.456. The molecule has 0 saturated carbocycles. The average Bonchev–Trinajstić information content (AvgIpc) is 1.65. The van der Waals surface area contributed by atoms with Gasteiger partial charge in [0.1, 0.15) is 0 Å². The summed E-state index contributed by atoms with van der Waals surface area (Å²) >= 11 is 2.55. The van der Waals surface area contributed by atoms with Crippen LogP contribution in [0.25, 0.3) is 0 Å². The maximum atomic E-state index is 13.6. The van der Waals surface area contributed by atoms with Gasteiger partial charge >= 0.3 is 0 Å². The molecule has 94 heavy (non-hydrogen) atoms. The van der Waals surface area contributed by atoms with E-state index in [2.05, 4.69) is 37.5 Å². The summed E-state index contributed by atoms with van der Waals surface area (Å²) in [5.41, 5.74) is 1.14. The van der Waals surface area contributed by atoms with Crippen molar-refractivity contribution >= 4 is 33.8 Å². The Morgan fingerprint density at radius 1 is 0.266 bits per heavy atom. The van der Waals surface area contributed by atoms with Gasteiger partial charge in [0.25, 0.3) is 0 Å². The molecule has 1 aromatic rings. The summed E-state index contributed by atoms with van der Waals surface area (Å²) in [4.78, 5) is 31.6. The predicted molar refractivity (Wildman–Crippen MR) is 417 cm³/mol. The van der Waals surface area contributed by atoms with Crippen molar-refractivity contribution in [2.24, 2.45) is 0 Å². The number of aliphatic hydroxyl groups is 4. The summed E-state index contributed by atoms with van der Waals surface area (Å²) in [6, 6.07) is 7.09. The molecule has 0 aromatic heterocycles. The minimum Gasteiger partial charge on any atom is -0.392 e. The standard InChI is InChI=1S/C84H160N2O6S2/c1-5-9-13-17-21-25-29-33-37-41-45-49-53-57-61-79(87)73-85(74-80(88)62-58-54-50-46-42-38-34-30-26-22-18-14-10-6-2)69-71-93-83(91)77-65-67-78(68-66-77)84(92)94-72-70-86(75-81(89)63-59-55-51-47-43-39-35-31-27-23-19-15-11-7-3)76-82(90)64-60-56-52-48-44-40-36-32-28-24-20-16-12-8-4/h65-68,79-82,87-90H,5-64,69-76H2,1-4H3. The van der Waals surface area contributed by atoms with Gasteiger partial charge in [-0.3, -0.25) is 19.4 Å². The summed E-state index contributed by atoms with van der Waals surface area (Å²) in [7, 11) is 0. The first-order chi connectivity index (χ1) is 46.1. The number of hydrogen-bond acceptors (Lipinski definition) is 10. The van der Waals surface area contributed by atoms with Gasteiger partial charge in [-0.25, -0.2) is 0 Å². The lowest BCUT2D eigenvalue weighted by atomic mass is 10.0. The molecule has 0 radical (unpaired) electrons. The van der Waals surface area contributed by atoms with Crippen LogP contribution in [-0.2, 0) is 0 Å². The third-order valence-electron chi connectivity index (χ3n) is 20.1. The first kappa shape index (κ1) is 91.0. The summed E-state index contributed by atoms with van der Waals surface area (Å²) in [5.74, 6) is 1.12. The van der Waals surface area contributed by atoms with Crippen LogP contribution in [0.1, 0.15) is 434 Å². The van der Waals surface area contributed by atoms with E-state index in [1.165, 1.54) is 332 Å². The van der Waals surface area contributed by atoms with Gasteiger partial charge in [0.15, 0.2) is 0 Å². The average molecular weight is 1360 g/mol. The Bertz CT molecular complexity index is 1500. The van der Waals surface area contributed by atoms with Gasteiger partial charge < -0.3 is 20.4 Å². The van der Waals surface area contributed by atoms with Crippen molar-refractivity contribution in [1.82, 2.24) is 9.80 Å². The molecule has 4 unspecified atom stereocenters. The van der Waals surface area contributed by atoms with Crippen molar-refractivity contribution in [1.29, 1.82) is 0 Å².